The molecule has 1 saturated heterocycles. The van der Waals surface area contributed by atoms with Crippen LogP contribution in [-0.4, -0.2) is 48.1 Å². The summed E-state index contributed by atoms with van der Waals surface area (Å²) in [5, 5.41) is 2.94. The number of hydrogen-bond donors (Lipinski definition) is 1. The fraction of sp³-hybridized carbons (Fsp3) is 0.381. The third-order valence-electron chi connectivity index (χ3n) is 4.81. The summed E-state index contributed by atoms with van der Waals surface area (Å²) in [7, 11) is 1.61. The topological polar surface area (TPSA) is 74.8 Å². The first-order valence-corrected chi connectivity index (χ1v) is 9.44. The van der Waals surface area contributed by atoms with Crippen LogP contribution < -0.4 is 10.2 Å². The largest absolute Gasteiger partial charge is 0.383 e. The molecule has 7 nitrogen and oxygen atoms in total. The van der Waals surface area contributed by atoms with Gasteiger partial charge in [-0.1, -0.05) is 12.1 Å². The van der Waals surface area contributed by atoms with Gasteiger partial charge in [0.05, 0.1) is 6.61 Å². The van der Waals surface area contributed by atoms with Crippen LogP contribution in [0.3, 0.4) is 0 Å². The average Bonchev–Trinajstić information content (AvgIpc) is 3.04. The monoisotopic (exact) mass is 382 g/mol. The summed E-state index contributed by atoms with van der Waals surface area (Å²) in [4.78, 5) is 32.6. The molecular weight excluding hydrogens is 356 g/mol. The molecule has 0 saturated carbocycles. The van der Waals surface area contributed by atoms with Gasteiger partial charge in [0, 0.05) is 56.4 Å². The maximum absolute atomic E-state index is 12.8. The van der Waals surface area contributed by atoms with E-state index in [0.29, 0.717) is 31.8 Å². The summed E-state index contributed by atoms with van der Waals surface area (Å²) in [6.07, 6.45) is 4.86. The number of ether oxygens (including phenoxy) is 1. The number of carbonyl (C=O) groups excluding carboxylic acids is 2. The van der Waals surface area contributed by atoms with Crippen LogP contribution in [0.5, 0.6) is 0 Å². The first-order chi connectivity index (χ1) is 13.6. The maximum Gasteiger partial charge on any atom is 0.322 e. The second kappa shape index (κ2) is 9.32. The van der Waals surface area contributed by atoms with Gasteiger partial charge in [-0.2, -0.15) is 0 Å². The molecule has 1 aliphatic rings. The first-order valence-electron chi connectivity index (χ1n) is 9.44. The summed E-state index contributed by atoms with van der Waals surface area (Å²) in [5.41, 5.74) is 2.41. The van der Waals surface area contributed by atoms with Gasteiger partial charge in [0.1, 0.15) is 0 Å². The van der Waals surface area contributed by atoms with Crippen molar-refractivity contribution in [1.82, 2.24) is 9.88 Å². The fourth-order valence-electron chi connectivity index (χ4n) is 3.33. The fourth-order valence-corrected chi connectivity index (χ4v) is 3.33. The number of pyridine rings is 1. The Morgan fingerprint density at radius 3 is 2.89 bits per heavy atom. The summed E-state index contributed by atoms with van der Waals surface area (Å²) in [6, 6.07) is 11.1. The molecule has 3 amide bonds. The second-order valence-corrected chi connectivity index (χ2v) is 6.91. The van der Waals surface area contributed by atoms with Gasteiger partial charge >= 0.3 is 6.03 Å². The molecule has 2 heterocycles. The van der Waals surface area contributed by atoms with E-state index in [1.165, 1.54) is 0 Å². The van der Waals surface area contributed by atoms with Crippen molar-refractivity contribution in [2.75, 3.05) is 30.5 Å². The molecule has 7 heteroatoms. The predicted octanol–water partition coefficient (Wildman–Crippen LogP) is 3.28. The Balaban J connectivity index is 1.72. The van der Waals surface area contributed by atoms with Gasteiger partial charge < -0.3 is 19.9 Å². The number of methoxy groups -OCH3 is 1. The van der Waals surface area contributed by atoms with Crippen LogP contribution in [0.1, 0.15) is 25.3 Å². The number of anilines is 2. The van der Waals surface area contributed by atoms with Crippen molar-refractivity contribution in [2.45, 2.75) is 32.4 Å². The predicted molar refractivity (Wildman–Crippen MR) is 108 cm³/mol. The Labute approximate surface area is 165 Å². The first kappa shape index (κ1) is 19.8. The molecule has 1 N–H and O–H groups in total. The lowest BCUT2D eigenvalue weighted by molar-refractivity contribution is -0.117. The third-order valence-corrected chi connectivity index (χ3v) is 4.81. The average molecular weight is 382 g/mol. The third kappa shape index (κ3) is 4.86. The Hall–Kier alpha value is -2.93. The van der Waals surface area contributed by atoms with Gasteiger partial charge in [-0.25, -0.2) is 4.79 Å². The Morgan fingerprint density at radius 2 is 2.21 bits per heavy atom. The van der Waals surface area contributed by atoms with Crippen LogP contribution >= 0.6 is 0 Å². The van der Waals surface area contributed by atoms with Crippen molar-refractivity contribution in [3.63, 3.8) is 0 Å². The van der Waals surface area contributed by atoms with Crippen molar-refractivity contribution in [2.24, 2.45) is 0 Å². The van der Waals surface area contributed by atoms with Crippen LogP contribution in [-0.2, 0) is 16.1 Å². The molecule has 1 aliphatic heterocycles. The molecule has 0 aliphatic carbocycles. The molecular formula is C21H26N4O3. The molecule has 1 aromatic heterocycles. The maximum atomic E-state index is 12.8. The van der Waals surface area contributed by atoms with Crippen molar-refractivity contribution >= 4 is 23.3 Å². The van der Waals surface area contributed by atoms with Gasteiger partial charge in [0.2, 0.25) is 5.91 Å². The molecule has 2 aromatic rings. The minimum atomic E-state index is -0.223. The Morgan fingerprint density at radius 1 is 1.36 bits per heavy atom. The summed E-state index contributed by atoms with van der Waals surface area (Å²) >= 11 is 0. The number of amides is 3. The number of hydrogen-bond acceptors (Lipinski definition) is 4. The van der Waals surface area contributed by atoms with E-state index in [9.17, 15) is 9.59 Å². The molecule has 1 atom stereocenters. The summed E-state index contributed by atoms with van der Waals surface area (Å²) < 4.78 is 5.14. The van der Waals surface area contributed by atoms with Gasteiger partial charge in [-0.05, 0) is 43.2 Å². The highest BCUT2D eigenvalue weighted by Crippen LogP contribution is 2.28. The Kier molecular flexibility index (Phi) is 6.60. The van der Waals surface area contributed by atoms with Crippen molar-refractivity contribution in [1.29, 1.82) is 0 Å². The number of benzene rings is 1. The quantitative estimate of drug-likeness (QED) is 0.797. The highest BCUT2D eigenvalue weighted by molar-refractivity contribution is 5.97. The van der Waals surface area contributed by atoms with Crippen LogP contribution in [0.15, 0.2) is 48.8 Å². The lowest BCUT2D eigenvalue weighted by Gasteiger charge is -2.24. The van der Waals surface area contributed by atoms with Crippen LogP contribution in [0.2, 0.25) is 0 Å². The summed E-state index contributed by atoms with van der Waals surface area (Å²) in [5.74, 6) is 0.120. The molecule has 3 rings (SSSR count). The normalized spacial score (nSPS) is 16.3. The van der Waals surface area contributed by atoms with E-state index in [1.54, 1.807) is 29.3 Å². The minimum absolute atomic E-state index is 0.120. The number of carbonyl (C=O) groups is 2. The molecule has 0 spiro atoms. The molecule has 1 aromatic carbocycles. The molecule has 0 bridgehead atoms. The van der Waals surface area contributed by atoms with E-state index in [0.717, 1.165) is 17.7 Å². The molecule has 148 valence electrons. The number of nitrogens with one attached hydrogen (secondary N) is 1. The minimum Gasteiger partial charge on any atom is -0.383 e. The van der Waals surface area contributed by atoms with Gasteiger partial charge in [-0.3, -0.25) is 9.78 Å². The smallest absolute Gasteiger partial charge is 0.322 e. The number of urea groups is 1. The standard InChI is InChI=1S/C21H26N4O3/c1-16-8-9-20(26)25(16)19-7-3-6-18(13-19)23-21(27)24(11-12-28-2)15-17-5-4-10-22-14-17/h3-7,10,13-14,16H,8-9,11-12,15H2,1-2H3,(H,23,27). The van der Waals surface area contributed by atoms with E-state index >= 15 is 0 Å². The van der Waals surface area contributed by atoms with E-state index in [4.69, 9.17) is 4.74 Å². The van der Waals surface area contributed by atoms with E-state index in [1.807, 2.05) is 43.3 Å². The van der Waals surface area contributed by atoms with Crippen LogP contribution in [0, 0.1) is 0 Å². The molecule has 0 radical (unpaired) electrons. The lowest BCUT2D eigenvalue weighted by atomic mass is 10.2. The van der Waals surface area contributed by atoms with Crippen molar-refractivity contribution in [3.8, 4) is 0 Å². The van der Waals surface area contributed by atoms with Gasteiger partial charge in [0.15, 0.2) is 0 Å². The van der Waals surface area contributed by atoms with E-state index in [2.05, 4.69) is 10.3 Å². The number of aromatic nitrogens is 1. The zero-order valence-corrected chi connectivity index (χ0v) is 16.3. The lowest BCUT2D eigenvalue weighted by Crippen LogP contribution is -2.37. The zero-order valence-electron chi connectivity index (χ0n) is 16.3. The summed E-state index contributed by atoms with van der Waals surface area (Å²) in [6.45, 7) is 3.37. The van der Waals surface area contributed by atoms with Crippen molar-refractivity contribution in [3.05, 3.63) is 54.4 Å². The second-order valence-electron chi connectivity index (χ2n) is 6.91. The van der Waals surface area contributed by atoms with Crippen LogP contribution in [0.4, 0.5) is 16.2 Å². The van der Waals surface area contributed by atoms with E-state index in [-0.39, 0.29) is 18.0 Å². The van der Waals surface area contributed by atoms with E-state index < -0.39 is 0 Å². The highest BCUT2D eigenvalue weighted by Gasteiger charge is 2.28. The molecule has 28 heavy (non-hydrogen) atoms. The van der Waals surface area contributed by atoms with Gasteiger partial charge in [-0.15, -0.1) is 0 Å². The zero-order chi connectivity index (χ0) is 19.9. The highest BCUT2D eigenvalue weighted by atomic mass is 16.5. The SMILES string of the molecule is COCCN(Cc1cccnc1)C(=O)Nc1cccc(N2C(=O)CCC2C)c1. The molecule has 1 unspecified atom stereocenters. The number of rotatable bonds is 7. The van der Waals surface area contributed by atoms with Gasteiger partial charge in [0.25, 0.3) is 0 Å². The van der Waals surface area contributed by atoms with Crippen LogP contribution in [0.25, 0.3) is 0 Å². The number of nitrogens with zero attached hydrogens (tertiary/aromatic N) is 3. The Bertz CT molecular complexity index is 812. The molecule has 1 fully saturated rings. The van der Waals surface area contributed by atoms with Crippen molar-refractivity contribution < 1.29 is 14.3 Å².